The summed E-state index contributed by atoms with van der Waals surface area (Å²) in [6.07, 6.45) is 0. The van der Waals surface area contributed by atoms with Crippen LogP contribution in [0.25, 0.3) is 11.1 Å². The van der Waals surface area contributed by atoms with E-state index in [0.29, 0.717) is 5.89 Å². The molecule has 74 valence electrons. The first-order chi connectivity index (χ1) is 6.70. The van der Waals surface area contributed by atoms with Gasteiger partial charge < -0.3 is 9.73 Å². The normalized spacial score (nSPS) is 13.4. The molecule has 14 heavy (non-hydrogen) atoms. The second kappa shape index (κ2) is 3.59. The molecule has 0 aliphatic carbocycles. The lowest BCUT2D eigenvalue weighted by molar-refractivity contribution is 0.561. The molecule has 1 unspecified atom stereocenters. The molecule has 1 heterocycles. The van der Waals surface area contributed by atoms with E-state index >= 15 is 0 Å². The van der Waals surface area contributed by atoms with Gasteiger partial charge in [-0.2, -0.15) is 0 Å². The van der Waals surface area contributed by atoms with Crippen molar-refractivity contribution in [2.75, 3.05) is 7.05 Å². The van der Waals surface area contributed by atoms with Crippen molar-refractivity contribution in [3.05, 3.63) is 29.7 Å². The van der Waals surface area contributed by atoms with Gasteiger partial charge in [-0.3, -0.25) is 0 Å². The number of nitrogens with zero attached hydrogens (tertiary/aromatic N) is 1. The highest BCUT2D eigenvalue weighted by molar-refractivity contribution is 6.20. The standard InChI is InChI=1S/C10H11ClN2O/c1-6-13-8-5-7(10(11)12-2)3-4-9(8)14-6/h3-5,10,12H,1-2H3. The van der Waals surface area contributed by atoms with E-state index in [9.17, 15) is 0 Å². The minimum Gasteiger partial charge on any atom is -0.441 e. The zero-order valence-electron chi connectivity index (χ0n) is 8.04. The zero-order valence-corrected chi connectivity index (χ0v) is 8.80. The van der Waals surface area contributed by atoms with Gasteiger partial charge in [0, 0.05) is 6.92 Å². The lowest BCUT2D eigenvalue weighted by Crippen LogP contribution is -2.09. The average Bonchev–Trinajstić information content (AvgIpc) is 2.55. The Hall–Kier alpha value is -1.06. The Morgan fingerprint density at radius 1 is 1.50 bits per heavy atom. The predicted octanol–water partition coefficient (Wildman–Crippen LogP) is 2.59. The van der Waals surface area contributed by atoms with Gasteiger partial charge in [0.2, 0.25) is 0 Å². The van der Waals surface area contributed by atoms with Crippen LogP contribution in [-0.4, -0.2) is 12.0 Å². The summed E-state index contributed by atoms with van der Waals surface area (Å²) < 4.78 is 5.36. The van der Waals surface area contributed by atoms with E-state index in [2.05, 4.69) is 10.3 Å². The van der Waals surface area contributed by atoms with Crippen molar-refractivity contribution < 1.29 is 4.42 Å². The zero-order chi connectivity index (χ0) is 10.1. The van der Waals surface area contributed by atoms with Crippen LogP contribution in [0.15, 0.2) is 22.6 Å². The first kappa shape index (κ1) is 9.49. The third-order valence-corrected chi connectivity index (χ3v) is 2.53. The molecular weight excluding hydrogens is 200 g/mol. The van der Waals surface area contributed by atoms with E-state index in [-0.39, 0.29) is 5.50 Å². The number of hydrogen-bond acceptors (Lipinski definition) is 3. The molecule has 0 saturated carbocycles. The molecule has 4 heteroatoms. The van der Waals surface area contributed by atoms with Crippen LogP contribution in [0.1, 0.15) is 17.0 Å². The Kier molecular flexibility index (Phi) is 2.44. The number of halogens is 1. The van der Waals surface area contributed by atoms with E-state index in [1.807, 2.05) is 32.2 Å². The summed E-state index contributed by atoms with van der Waals surface area (Å²) in [6.45, 7) is 1.83. The van der Waals surface area contributed by atoms with Crippen molar-refractivity contribution >= 4 is 22.7 Å². The van der Waals surface area contributed by atoms with Crippen molar-refractivity contribution in [3.63, 3.8) is 0 Å². The summed E-state index contributed by atoms with van der Waals surface area (Å²) >= 11 is 6.03. The molecule has 0 fully saturated rings. The largest absolute Gasteiger partial charge is 0.441 e. The van der Waals surface area contributed by atoms with Crippen LogP contribution in [-0.2, 0) is 0 Å². The third-order valence-electron chi connectivity index (χ3n) is 2.06. The number of benzene rings is 1. The Labute approximate surface area is 87.1 Å². The van der Waals surface area contributed by atoms with E-state index in [1.165, 1.54) is 0 Å². The molecule has 2 aromatic rings. The highest BCUT2D eigenvalue weighted by Crippen LogP contribution is 2.22. The van der Waals surface area contributed by atoms with Crippen LogP contribution in [0.2, 0.25) is 0 Å². The van der Waals surface area contributed by atoms with E-state index in [1.54, 1.807) is 0 Å². The second-order valence-corrected chi connectivity index (χ2v) is 3.55. The van der Waals surface area contributed by atoms with Gasteiger partial charge in [-0.1, -0.05) is 6.07 Å². The van der Waals surface area contributed by atoms with Gasteiger partial charge in [0.15, 0.2) is 11.5 Å². The summed E-state index contributed by atoms with van der Waals surface area (Å²) in [5, 5.41) is 2.96. The number of nitrogens with one attached hydrogen (secondary N) is 1. The van der Waals surface area contributed by atoms with Crippen molar-refractivity contribution in [1.82, 2.24) is 10.3 Å². The van der Waals surface area contributed by atoms with Gasteiger partial charge in [0.25, 0.3) is 0 Å². The minimum absolute atomic E-state index is 0.184. The van der Waals surface area contributed by atoms with Gasteiger partial charge in [-0.15, -0.1) is 11.6 Å². The van der Waals surface area contributed by atoms with Gasteiger partial charge in [0.1, 0.15) is 11.0 Å². The van der Waals surface area contributed by atoms with E-state index in [0.717, 1.165) is 16.7 Å². The Balaban J connectivity index is 2.50. The number of aromatic nitrogens is 1. The molecule has 0 aliphatic heterocycles. The highest BCUT2D eigenvalue weighted by atomic mass is 35.5. The molecule has 0 saturated heterocycles. The average molecular weight is 211 g/mol. The molecule has 1 N–H and O–H groups in total. The van der Waals surface area contributed by atoms with E-state index in [4.69, 9.17) is 16.0 Å². The fraction of sp³-hybridized carbons (Fsp3) is 0.300. The molecular formula is C10H11ClN2O. The number of hydrogen-bond donors (Lipinski definition) is 1. The number of fused-ring (bicyclic) bond motifs is 1. The van der Waals surface area contributed by atoms with Crippen molar-refractivity contribution in [3.8, 4) is 0 Å². The molecule has 1 aromatic heterocycles. The minimum atomic E-state index is -0.184. The van der Waals surface area contributed by atoms with Crippen LogP contribution < -0.4 is 5.32 Å². The summed E-state index contributed by atoms with van der Waals surface area (Å²) in [5.41, 5.74) is 2.46. The Bertz CT molecular complexity index is 452. The Morgan fingerprint density at radius 2 is 2.29 bits per heavy atom. The summed E-state index contributed by atoms with van der Waals surface area (Å²) in [4.78, 5) is 4.24. The van der Waals surface area contributed by atoms with Crippen molar-refractivity contribution in [2.45, 2.75) is 12.4 Å². The first-order valence-corrected chi connectivity index (χ1v) is 4.83. The third kappa shape index (κ3) is 1.61. The number of alkyl halides is 1. The molecule has 3 nitrogen and oxygen atoms in total. The molecule has 0 radical (unpaired) electrons. The molecule has 0 bridgehead atoms. The highest BCUT2D eigenvalue weighted by Gasteiger charge is 2.08. The van der Waals surface area contributed by atoms with Crippen LogP contribution in [0.4, 0.5) is 0 Å². The molecule has 0 spiro atoms. The first-order valence-electron chi connectivity index (χ1n) is 4.39. The Morgan fingerprint density at radius 3 is 3.00 bits per heavy atom. The van der Waals surface area contributed by atoms with Gasteiger partial charge in [-0.25, -0.2) is 4.98 Å². The monoisotopic (exact) mass is 210 g/mol. The van der Waals surface area contributed by atoms with Crippen LogP contribution in [0.3, 0.4) is 0 Å². The quantitative estimate of drug-likeness (QED) is 0.612. The topological polar surface area (TPSA) is 38.1 Å². The number of aryl methyl sites for hydroxylation is 1. The molecule has 1 aromatic carbocycles. The van der Waals surface area contributed by atoms with Gasteiger partial charge in [-0.05, 0) is 24.7 Å². The molecule has 0 amide bonds. The summed E-state index contributed by atoms with van der Waals surface area (Å²) in [5.74, 6) is 0.674. The molecule has 2 rings (SSSR count). The lowest BCUT2D eigenvalue weighted by Gasteiger charge is -2.06. The molecule has 1 atom stereocenters. The predicted molar refractivity (Wildman–Crippen MR) is 56.4 cm³/mol. The fourth-order valence-electron chi connectivity index (χ4n) is 1.38. The maximum Gasteiger partial charge on any atom is 0.192 e. The number of oxazole rings is 1. The maximum atomic E-state index is 6.03. The van der Waals surface area contributed by atoms with Crippen LogP contribution >= 0.6 is 11.6 Å². The second-order valence-electron chi connectivity index (χ2n) is 3.11. The van der Waals surface area contributed by atoms with Crippen LogP contribution in [0.5, 0.6) is 0 Å². The fourth-order valence-corrected chi connectivity index (χ4v) is 1.52. The smallest absolute Gasteiger partial charge is 0.192 e. The van der Waals surface area contributed by atoms with Gasteiger partial charge in [0.05, 0.1) is 0 Å². The van der Waals surface area contributed by atoms with Crippen molar-refractivity contribution in [2.24, 2.45) is 0 Å². The molecule has 0 aliphatic rings. The number of rotatable bonds is 2. The maximum absolute atomic E-state index is 6.03. The van der Waals surface area contributed by atoms with Crippen molar-refractivity contribution in [1.29, 1.82) is 0 Å². The van der Waals surface area contributed by atoms with E-state index < -0.39 is 0 Å². The van der Waals surface area contributed by atoms with Crippen LogP contribution in [0, 0.1) is 6.92 Å². The van der Waals surface area contributed by atoms with Gasteiger partial charge >= 0.3 is 0 Å². The SMILES string of the molecule is CNC(Cl)c1ccc2oc(C)nc2c1. The summed E-state index contributed by atoms with van der Waals surface area (Å²) in [6, 6.07) is 5.75. The lowest BCUT2D eigenvalue weighted by atomic mass is 10.2. The summed E-state index contributed by atoms with van der Waals surface area (Å²) in [7, 11) is 1.82.